The highest BCUT2D eigenvalue weighted by molar-refractivity contribution is 7.93. The molecule has 0 heterocycles. The van der Waals surface area contributed by atoms with E-state index >= 15 is 0 Å². The number of ether oxygens (including phenoxy) is 1. The quantitative estimate of drug-likeness (QED) is 0.588. The second-order valence-electron chi connectivity index (χ2n) is 4.48. The van der Waals surface area contributed by atoms with Gasteiger partial charge in [0, 0.05) is 5.56 Å². The van der Waals surface area contributed by atoms with Crippen LogP contribution in [0.15, 0.2) is 24.3 Å². The average Bonchev–Trinajstić information content (AvgIpc) is 2.37. The highest BCUT2D eigenvalue weighted by Gasteiger charge is 2.31. The molecule has 0 aliphatic carbocycles. The van der Waals surface area contributed by atoms with Crippen LogP contribution in [-0.4, -0.2) is 37.8 Å². The number of aryl methyl sites for hydroxylation is 1. The predicted molar refractivity (Wildman–Crippen MR) is 75.4 cm³/mol. The summed E-state index contributed by atoms with van der Waals surface area (Å²) in [6.07, 6.45) is 0. The van der Waals surface area contributed by atoms with Crippen LogP contribution in [0.4, 0.5) is 0 Å². The molecule has 0 bridgehead atoms. The van der Waals surface area contributed by atoms with Gasteiger partial charge >= 0.3 is 5.97 Å². The largest absolute Gasteiger partial charge is 0.465 e. The maximum absolute atomic E-state index is 12.1. The monoisotopic (exact) mass is 298 g/mol. The zero-order valence-electron chi connectivity index (χ0n) is 11.8. The lowest BCUT2D eigenvalue weighted by Crippen LogP contribution is -2.33. The van der Waals surface area contributed by atoms with Crippen LogP contribution in [0, 0.1) is 6.92 Å². The highest BCUT2D eigenvalue weighted by Crippen LogP contribution is 2.12. The maximum Gasteiger partial charge on any atom is 0.321 e. The van der Waals surface area contributed by atoms with E-state index in [0.717, 1.165) is 5.56 Å². The number of ketones is 1. The first-order chi connectivity index (χ1) is 9.27. The van der Waals surface area contributed by atoms with Crippen molar-refractivity contribution in [3.05, 3.63) is 35.4 Å². The zero-order chi connectivity index (χ0) is 15.3. The third-order valence-electron chi connectivity index (χ3n) is 2.87. The molecule has 6 heteroatoms. The molecule has 5 nitrogen and oxygen atoms in total. The fraction of sp³-hybridized carbons (Fsp3) is 0.429. The smallest absolute Gasteiger partial charge is 0.321 e. The molecule has 1 unspecified atom stereocenters. The summed E-state index contributed by atoms with van der Waals surface area (Å²) in [4.78, 5) is 23.4. The van der Waals surface area contributed by atoms with Crippen molar-refractivity contribution in [3.8, 4) is 0 Å². The third kappa shape index (κ3) is 4.16. The molecule has 1 aromatic carbocycles. The molecular formula is C14H18O5S. The first-order valence-corrected chi connectivity index (χ1v) is 7.97. The summed E-state index contributed by atoms with van der Waals surface area (Å²) in [7, 11) is -3.86. The van der Waals surface area contributed by atoms with E-state index in [9.17, 15) is 18.0 Å². The lowest BCUT2D eigenvalue weighted by atomic mass is 10.1. The molecule has 0 fully saturated rings. The van der Waals surface area contributed by atoms with Gasteiger partial charge in [0.1, 0.15) is 11.0 Å². The normalized spacial score (nSPS) is 12.8. The van der Waals surface area contributed by atoms with Gasteiger partial charge in [0.25, 0.3) is 0 Å². The van der Waals surface area contributed by atoms with Crippen LogP contribution in [0.2, 0.25) is 0 Å². The van der Waals surface area contributed by atoms with E-state index in [2.05, 4.69) is 4.74 Å². The van der Waals surface area contributed by atoms with Gasteiger partial charge in [-0.25, -0.2) is 8.42 Å². The second kappa shape index (κ2) is 6.65. The van der Waals surface area contributed by atoms with Gasteiger partial charge in [0.05, 0.1) is 6.61 Å². The number of benzene rings is 1. The first-order valence-electron chi connectivity index (χ1n) is 6.26. The van der Waals surface area contributed by atoms with Gasteiger partial charge in [-0.15, -0.1) is 0 Å². The van der Waals surface area contributed by atoms with E-state index in [1.54, 1.807) is 31.2 Å². The Balaban J connectivity index is 2.87. The van der Waals surface area contributed by atoms with Crippen LogP contribution in [0.1, 0.15) is 29.8 Å². The van der Waals surface area contributed by atoms with Crippen LogP contribution in [0.25, 0.3) is 0 Å². The van der Waals surface area contributed by atoms with Gasteiger partial charge < -0.3 is 4.74 Å². The Bertz CT molecular complexity index is 586. The van der Waals surface area contributed by atoms with Crippen molar-refractivity contribution in [1.29, 1.82) is 0 Å². The summed E-state index contributed by atoms with van der Waals surface area (Å²) < 4.78 is 28.6. The van der Waals surface area contributed by atoms with E-state index in [4.69, 9.17) is 0 Å². The van der Waals surface area contributed by atoms with Crippen molar-refractivity contribution >= 4 is 21.6 Å². The SMILES string of the molecule is CCOC(=O)CS(=O)(=O)C(C)C(=O)c1ccc(C)cc1. The molecule has 0 aliphatic heterocycles. The summed E-state index contributed by atoms with van der Waals surface area (Å²) in [6, 6.07) is 6.62. The van der Waals surface area contributed by atoms with Crippen molar-refractivity contribution in [1.82, 2.24) is 0 Å². The molecule has 0 aliphatic rings. The molecule has 1 atom stereocenters. The Hall–Kier alpha value is -1.69. The van der Waals surface area contributed by atoms with Gasteiger partial charge in [-0.1, -0.05) is 29.8 Å². The molecule has 1 aromatic rings. The minimum Gasteiger partial charge on any atom is -0.465 e. The maximum atomic E-state index is 12.1. The van der Waals surface area contributed by atoms with E-state index in [-0.39, 0.29) is 6.61 Å². The zero-order valence-corrected chi connectivity index (χ0v) is 12.6. The Kier molecular flexibility index (Phi) is 5.44. The van der Waals surface area contributed by atoms with Crippen LogP contribution >= 0.6 is 0 Å². The number of hydrogen-bond acceptors (Lipinski definition) is 5. The summed E-state index contributed by atoms with van der Waals surface area (Å²) in [5, 5.41) is -1.27. The molecule has 0 N–H and O–H groups in total. The standard InChI is InChI=1S/C14H18O5S/c1-4-19-13(15)9-20(17,18)11(3)14(16)12-7-5-10(2)6-8-12/h5-8,11H,4,9H2,1-3H3. The third-order valence-corrected chi connectivity index (χ3v) is 4.80. The first kappa shape index (κ1) is 16.4. The molecular weight excluding hydrogens is 280 g/mol. The van der Waals surface area contributed by atoms with Gasteiger partial charge in [-0.05, 0) is 20.8 Å². The Morgan fingerprint density at radius 2 is 1.75 bits per heavy atom. The highest BCUT2D eigenvalue weighted by atomic mass is 32.2. The van der Waals surface area contributed by atoms with Crippen LogP contribution in [0.3, 0.4) is 0 Å². The molecule has 20 heavy (non-hydrogen) atoms. The summed E-state index contributed by atoms with van der Waals surface area (Å²) >= 11 is 0. The van der Waals surface area contributed by atoms with Gasteiger partial charge in [-0.3, -0.25) is 9.59 Å². The van der Waals surface area contributed by atoms with Crippen molar-refractivity contribution < 1.29 is 22.7 Å². The van der Waals surface area contributed by atoms with Crippen molar-refractivity contribution in [3.63, 3.8) is 0 Å². The van der Waals surface area contributed by atoms with Crippen LogP contribution < -0.4 is 0 Å². The molecule has 0 radical (unpaired) electrons. The number of carbonyl (C=O) groups excluding carboxylic acids is 2. The fourth-order valence-electron chi connectivity index (χ4n) is 1.61. The molecule has 0 aromatic heterocycles. The molecule has 110 valence electrons. The molecule has 0 saturated carbocycles. The number of sulfone groups is 1. The topological polar surface area (TPSA) is 77.5 Å². The van der Waals surface area contributed by atoms with Gasteiger partial charge in [0.15, 0.2) is 15.6 Å². The second-order valence-corrected chi connectivity index (χ2v) is 6.81. The Labute approximate surface area is 118 Å². The Morgan fingerprint density at radius 3 is 2.25 bits per heavy atom. The summed E-state index contributed by atoms with van der Waals surface area (Å²) in [5.41, 5.74) is 1.29. The summed E-state index contributed by atoms with van der Waals surface area (Å²) in [5.74, 6) is -2.13. The lowest BCUT2D eigenvalue weighted by Gasteiger charge is -2.11. The minimum absolute atomic E-state index is 0.106. The van der Waals surface area contributed by atoms with Gasteiger partial charge in [0.2, 0.25) is 0 Å². The molecule has 0 spiro atoms. The number of rotatable bonds is 6. The average molecular weight is 298 g/mol. The number of hydrogen-bond donors (Lipinski definition) is 0. The molecule has 1 rings (SSSR count). The van der Waals surface area contributed by atoms with Crippen molar-refractivity contribution in [2.75, 3.05) is 12.4 Å². The van der Waals surface area contributed by atoms with E-state index in [1.165, 1.54) is 6.92 Å². The minimum atomic E-state index is -3.86. The molecule has 0 amide bonds. The fourth-order valence-corrected chi connectivity index (χ4v) is 2.73. The number of Topliss-reactive ketones (excluding diaryl/α,β-unsaturated/α-hetero) is 1. The van der Waals surface area contributed by atoms with Crippen LogP contribution in [-0.2, 0) is 19.4 Å². The number of carbonyl (C=O) groups is 2. The van der Waals surface area contributed by atoms with E-state index < -0.39 is 32.6 Å². The Morgan fingerprint density at radius 1 is 1.20 bits per heavy atom. The number of esters is 1. The lowest BCUT2D eigenvalue weighted by molar-refractivity contribution is -0.139. The predicted octanol–water partition coefficient (Wildman–Crippen LogP) is 1.54. The van der Waals surface area contributed by atoms with Crippen molar-refractivity contribution in [2.45, 2.75) is 26.0 Å². The van der Waals surface area contributed by atoms with Crippen LogP contribution in [0.5, 0.6) is 0 Å². The van der Waals surface area contributed by atoms with Gasteiger partial charge in [-0.2, -0.15) is 0 Å². The summed E-state index contributed by atoms with van der Waals surface area (Å²) in [6.45, 7) is 4.85. The van der Waals surface area contributed by atoms with Crippen molar-refractivity contribution in [2.24, 2.45) is 0 Å². The van der Waals surface area contributed by atoms with E-state index in [0.29, 0.717) is 5.56 Å². The molecule has 0 saturated heterocycles. The van der Waals surface area contributed by atoms with E-state index in [1.807, 2.05) is 6.92 Å².